The van der Waals surface area contributed by atoms with Gasteiger partial charge in [0.1, 0.15) is 6.33 Å². The van der Waals surface area contributed by atoms with E-state index in [0.29, 0.717) is 11.3 Å². The molecule has 2 aromatic rings. The van der Waals surface area contributed by atoms with Crippen LogP contribution >= 0.6 is 15.9 Å². The fourth-order valence-corrected chi connectivity index (χ4v) is 1.36. The molecule has 0 aliphatic rings. The Labute approximate surface area is 71.2 Å². The van der Waals surface area contributed by atoms with Crippen LogP contribution in [0.25, 0.3) is 5.65 Å². The number of nitrogen functional groups attached to an aromatic ring is 1. The fraction of sp³-hybridized carbons (Fsp3) is 0. The number of nitrogens with two attached hydrogens (primary N) is 1. The Balaban J connectivity index is 2.91. The lowest BCUT2D eigenvalue weighted by Gasteiger charge is -1.96. The standard InChI is InChI=1S/C6H5BrN4/c7-4-1-5(8)6-9-3-10-11(6)2-4/h1-3H,8H2. The number of pyridine rings is 1. The topological polar surface area (TPSA) is 56.2 Å². The molecule has 0 unspecified atom stereocenters. The number of anilines is 1. The second kappa shape index (κ2) is 2.20. The Morgan fingerprint density at radius 1 is 1.55 bits per heavy atom. The van der Waals surface area contributed by atoms with E-state index in [0.717, 1.165) is 4.47 Å². The molecule has 2 heterocycles. The summed E-state index contributed by atoms with van der Waals surface area (Å²) in [5, 5.41) is 3.94. The molecule has 2 N–H and O–H groups in total. The molecule has 4 nitrogen and oxygen atoms in total. The van der Waals surface area contributed by atoms with Gasteiger partial charge in [-0.3, -0.25) is 0 Å². The van der Waals surface area contributed by atoms with Crippen molar-refractivity contribution < 1.29 is 0 Å². The number of aromatic nitrogens is 3. The van der Waals surface area contributed by atoms with Crippen LogP contribution < -0.4 is 5.73 Å². The van der Waals surface area contributed by atoms with Gasteiger partial charge in [0.05, 0.1) is 5.69 Å². The number of halogens is 1. The third-order valence-electron chi connectivity index (χ3n) is 1.37. The van der Waals surface area contributed by atoms with Gasteiger partial charge >= 0.3 is 0 Å². The Bertz CT molecular complexity index is 394. The van der Waals surface area contributed by atoms with Gasteiger partial charge in [-0.15, -0.1) is 0 Å². The van der Waals surface area contributed by atoms with Gasteiger partial charge in [-0.25, -0.2) is 9.50 Å². The number of hydrogen-bond donors (Lipinski definition) is 1. The molecule has 0 atom stereocenters. The number of nitrogens with zero attached hydrogens (tertiary/aromatic N) is 3. The van der Waals surface area contributed by atoms with Crippen LogP contribution in [0.1, 0.15) is 0 Å². The van der Waals surface area contributed by atoms with Gasteiger partial charge in [0.25, 0.3) is 0 Å². The molecule has 0 radical (unpaired) electrons. The lowest BCUT2D eigenvalue weighted by Crippen LogP contribution is -1.93. The molecule has 5 heteroatoms. The van der Waals surface area contributed by atoms with Gasteiger partial charge in [0.2, 0.25) is 0 Å². The van der Waals surface area contributed by atoms with E-state index in [4.69, 9.17) is 5.73 Å². The van der Waals surface area contributed by atoms with E-state index in [9.17, 15) is 0 Å². The van der Waals surface area contributed by atoms with Crippen molar-refractivity contribution in [3.05, 3.63) is 23.1 Å². The maximum absolute atomic E-state index is 5.65. The first-order chi connectivity index (χ1) is 5.27. The van der Waals surface area contributed by atoms with E-state index in [1.807, 2.05) is 0 Å². The second-order valence-corrected chi connectivity index (χ2v) is 3.06. The Kier molecular flexibility index (Phi) is 1.32. The van der Waals surface area contributed by atoms with E-state index in [2.05, 4.69) is 26.0 Å². The molecule has 2 rings (SSSR count). The maximum Gasteiger partial charge on any atom is 0.178 e. The summed E-state index contributed by atoms with van der Waals surface area (Å²) >= 11 is 3.30. The molecule has 0 spiro atoms. The summed E-state index contributed by atoms with van der Waals surface area (Å²) in [6.45, 7) is 0. The van der Waals surface area contributed by atoms with Gasteiger partial charge in [-0.2, -0.15) is 5.10 Å². The zero-order chi connectivity index (χ0) is 7.84. The van der Waals surface area contributed by atoms with Crippen molar-refractivity contribution in [2.75, 3.05) is 5.73 Å². The molecule has 0 fully saturated rings. The zero-order valence-electron chi connectivity index (χ0n) is 5.53. The van der Waals surface area contributed by atoms with Crippen molar-refractivity contribution in [3.8, 4) is 0 Å². The van der Waals surface area contributed by atoms with Crippen molar-refractivity contribution in [1.29, 1.82) is 0 Å². The third kappa shape index (κ3) is 0.970. The summed E-state index contributed by atoms with van der Waals surface area (Å²) in [5.41, 5.74) is 6.96. The largest absolute Gasteiger partial charge is 0.396 e. The first-order valence-electron chi connectivity index (χ1n) is 3.02. The SMILES string of the molecule is Nc1cc(Br)cn2ncnc12. The molecule has 0 bridgehead atoms. The average Bonchev–Trinajstić information content (AvgIpc) is 2.34. The van der Waals surface area contributed by atoms with Crippen LogP contribution in [0.5, 0.6) is 0 Å². The highest BCUT2D eigenvalue weighted by atomic mass is 79.9. The van der Waals surface area contributed by atoms with Crippen LogP contribution in [-0.4, -0.2) is 14.6 Å². The molecule has 0 saturated heterocycles. The summed E-state index contributed by atoms with van der Waals surface area (Å²) < 4.78 is 2.52. The van der Waals surface area contributed by atoms with Gasteiger partial charge in [0.15, 0.2) is 5.65 Å². The number of fused-ring (bicyclic) bond motifs is 1. The Morgan fingerprint density at radius 2 is 2.36 bits per heavy atom. The molecular weight excluding hydrogens is 208 g/mol. The first-order valence-corrected chi connectivity index (χ1v) is 3.81. The quantitative estimate of drug-likeness (QED) is 0.712. The van der Waals surface area contributed by atoms with Crippen molar-refractivity contribution in [3.63, 3.8) is 0 Å². The van der Waals surface area contributed by atoms with Crippen LogP contribution in [0.15, 0.2) is 23.1 Å². The summed E-state index contributed by atoms with van der Waals surface area (Å²) in [7, 11) is 0. The predicted molar refractivity (Wildman–Crippen MR) is 45.1 cm³/mol. The molecule has 0 aliphatic heterocycles. The van der Waals surface area contributed by atoms with Crippen molar-refractivity contribution in [1.82, 2.24) is 14.6 Å². The highest BCUT2D eigenvalue weighted by molar-refractivity contribution is 9.10. The molecule has 0 saturated carbocycles. The smallest absolute Gasteiger partial charge is 0.178 e. The number of rotatable bonds is 0. The number of hydrogen-bond acceptors (Lipinski definition) is 3. The van der Waals surface area contributed by atoms with E-state index in [1.165, 1.54) is 6.33 Å². The second-order valence-electron chi connectivity index (χ2n) is 2.14. The fourth-order valence-electron chi connectivity index (χ4n) is 0.918. The van der Waals surface area contributed by atoms with Crippen LogP contribution in [0, 0.1) is 0 Å². The highest BCUT2D eigenvalue weighted by Crippen LogP contribution is 2.16. The molecule has 2 aromatic heterocycles. The van der Waals surface area contributed by atoms with E-state index >= 15 is 0 Å². The average molecular weight is 213 g/mol. The molecule has 56 valence electrons. The molecule has 0 amide bonds. The molecule has 0 aliphatic carbocycles. The summed E-state index contributed by atoms with van der Waals surface area (Å²) in [6, 6.07) is 1.80. The lowest BCUT2D eigenvalue weighted by molar-refractivity contribution is 0.958. The zero-order valence-corrected chi connectivity index (χ0v) is 7.12. The van der Waals surface area contributed by atoms with E-state index in [1.54, 1.807) is 16.8 Å². The Morgan fingerprint density at radius 3 is 3.18 bits per heavy atom. The van der Waals surface area contributed by atoms with E-state index < -0.39 is 0 Å². The van der Waals surface area contributed by atoms with E-state index in [-0.39, 0.29) is 0 Å². The lowest BCUT2D eigenvalue weighted by atomic mass is 10.4. The van der Waals surface area contributed by atoms with Gasteiger partial charge in [0, 0.05) is 10.7 Å². The predicted octanol–water partition coefficient (Wildman–Crippen LogP) is 1.07. The van der Waals surface area contributed by atoms with Gasteiger partial charge in [-0.1, -0.05) is 0 Å². The first kappa shape index (κ1) is 6.60. The van der Waals surface area contributed by atoms with Crippen molar-refractivity contribution >= 4 is 27.3 Å². The summed E-state index contributed by atoms with van der Waals surface area (Å²) in [6.07, 6.45) is 3.27. The van der Waals surface area contributed by atoms with Crippen molar-refractivity contribution in [2.45, 2.75) is 0 Å². The minimum Gasteiger partial charge on any atom is -0.396 e. The maximum atomic E-state index is 5.65. The Hall–Kier alpha value is -1.10. The normalized spacial score (nSPS) is 10.6. The van der Waals surface area contributed by atoms with Crippen LogP contribution in [0.3, 0.4) is 0 Å². The summed E-state index contributed by atoms with van der Waals surface area (Å²) in [5.74, 6) is 0. The highest BCUT2D eigenvalue weighted by Gasteiger charge is 2.00. The van der Waals surface area contributed by atoms with Crippen LogP contribution in [-0.2, 0) is 0 Å². The minimum absolute atomic E-state index is 0.622. The third-order valence-corrected chi connectivity index (χ3v) is 1.80. The van der Waals surface area contributed by atoms with Crippen LogP contribution in [0.4, 0.5) is 5.69 Å². The van der Waals surface area contributed by atoms with Gasteiger partial charge in [-0.05, 0) is 22.0 Å². The molecular formula is C6H5BrN4. The molecule has 11 heavy (non-hydrogen) atoms. The van der Waals surface area contributed by atoms with Crippen LogP contribution in [0.2, 0.25) is 0 Å². The van der Waals surface area contributed by atoms with Gasteiger partial charge < -0.3 is 5.73 Å². The summed E-state index contributed by atoms with van der Waals surface area (Å²) in [4.78, 5) is 3.97. The monoisotopic (exact) mass is 212 g/mol. The molecule has 0 aromatic carbocycles. The van der Waals surface area contributed by atoms with Crippen molar-refractivity contribution in [2.24, 2.45) is 0 Å². The minimum atomic E-state index is 0.622.